The summed E-state index contributed by atoms with van der Waals surface area (Å²) in [5, 5.41) is 11.9. The van der Waals surface area contributed by atoms with Crippen molar-refractivity contribution >= 4 is 17.8 Å². The van der Waals surface area contributed by atoms with Crippen molar-refractivity contribution in [1.29, 1.82) is 0 Å². The Morgan fingerprint density at radius 3 is 2.29 bits per heavy atom. The van der Waals surface area contributed by atoms with E-state index in [9.17, 15) is 19.5 Å². The van der Waals surface area contributed by atoms with Crippen LogP contribution in [0.2, 0.25) is 0 Å². The number of carbonyl (C=O) groups excluding carboxylic acids is 3. The molecule has 1 heterocycles. The average Bonchev–Trinajstić information content (AvgIpc) is 2.82. The number of amides is 2. The summed E-state index contributed by atoms with van der Waals surface area (Å²) in [6.45, 7) is 9.87. The molecule has 8 heteroatoms. The summed E-state index contributed by atoms with van der Waals surface area (Å²) in [4.78, 5) is 39.2. The first-order valence-corrected chi connectivity index (χ1v) is 9.04. The molecule has 1 saturated heterocycles. The fourth-order valence-electron chi connectivity index (χ4n) is 3.04. The van der Waals surface area contributed by atoms with Crippen LogP contribution >= 0.6 is 0 Å². The molecule has 0 spiro atoms. The standard InChI is InChI=1S/C20H28N2O6/c1-18(2,3)28-17(26)22-19(4,5)27-12-20(22,6)16(25)21-11-15(24)13-7-9-14(23)10-8-13/h7-10,23H,11-12H2,1-6H3,(H,21,25)/t20-/m1/s1. The predicted molar refractivity (Wildman–Crippen MR) is 102 cm³/mol. The van der Waals surface area contributed by atoms with Crippen LogP contribution in [0.3, 0.4) is 0 Å². The molecule has 0 unspecified atom stereocenters. The minimum Gasteiger partial charge on any atom is -0.508 e. The molecule has 1 aliphatic rings. The summed E-state index contributed by atoms with van der Waals surface area (Å²) >= 11 is 0. The van der Waals surface area contributed by atoms with Crippen molar-refractivity contribution in [1.82, 2.24) is 10.2 Å². The van der Waals surface area contributed by atoms with Crippen LogP contribution < -0.4 is 5.32 Å². The smallest absolute Gasteiger partial charge is 0.413 e. The van der Waals surface area contributed by atoms with Crippen LogP contribution in [0.1, 0.15) is 51.9 Å². The maximum Gasteiger partial charge on any atom is 0.413 e. The van der Waals surface area contributed by atoms with E-state index in [1.54, 1.807) is 41.5 Å². The lowest BCUT2D eigenvalue weighted by molar-refractivity contribution is -0.132. The number of phenolic OH excluding ortho intramolecular Hbond substituents is 1. The van der Waals surface area contributed by atoms with Gasteiger partial charge in [-0.15, -0.1) is 0 Å². The van der Waals surface area contributed by atoms with Gasteiger partial charge in [0.05, 0.1) is 13.2 Å². The van der Waals surface area contributed by atoms with E-state index in [1.807, 2.05) is 0 Å². The lowest BCUT2D eigenvalue weighted by Crippen LogP contribution is -2.62. The molecule has 2 N–H and O–H groups in total. The number of aromatic hydroxyl groups is 1. The van der Waals surface area contributed by atoms with Crippen molar-refractivity contribution in [3.8, 4) is 5.75 Å². The maximum absolute atomic E-state index is 12.9. The second kappa shape index (κ2) is 7.43. The van der Waals surface area contributed by atoms with Crippen LogP contribution in [0.5, 0.6) is 5.75 Å². The topological polar surface area (TPSA) is 105 Å². The minimum absolute atomic E-state index is 0.0293. The van der Waals surface area contributed by atoms with Crippen LogP contribution in [-0.2, 0) is 14.3 Å². The van der Waals surface area contributed by atoms with Gasteiger partial charge in [0.1, 0.15) is 22.6 Å². The zero-order valence-electron chi connectivity index (χ0n) is 17.2. The SMILES string of the molecule is CC(C)(C)OC(=O)N1C(C)(C)OC[C@]1(C)C(=O)NCC(=O)c1ccc(O)cc1. The summed E-state index contributed by atoms with van der Waals surface area (Å²) in [7, 11) is 0. The Kier molecular flexibility index (Phi) is 5.75. The van der Waals surface area contributed by atoms with Gasteiger partial charge in [-0.25, -0.2) is 4.79 Å². The molecule has 2 amide bonds. The van der Waals surface area contributed by atoms with E-state index in [4.69, 9.17) is 9.47 Å². The van der Waals surface area contributed by atoms with E-state index in [-0.39, 0.29) is 24.7 Å². The molecule has 0 aliphatic carbocycles. The van der Waals surface area contributed by atoms with Crippen LogP contribution in [0, 0.1) is 0 Å². The Bertz CT molecular complexity index is 766. The Morgan fingerprint density at radius 2 is 1.75 bits per heavy atom. The first-order valence-electron chi connectivity index (χ1n) is 9.04. The van der Waals surface area contributed by atoms with Crippen molar-refractivity contribution in [2.24, 2.45) is 0 Å². The largest absolute Gasteiger partial charge is 0.508 e. The molecule has 8 nitrogen and oxygen atoms in total. The number of benzene rings is 1. The normalized spacial score (nSPS) is 21.3. The van der Waals surface area contributed by atoms with Crippen molar-refractivity contribution in [3.05, 3.63) is 29.8 Å². The van der Waals surface area contributed by atoms with Gasteiger partial charge in [0.2, 0.25) is 5.91 Å². The number of nitrogens with zero attached hydrogens (tertiary/aromatic N) is 1. The van der Waals surface area contributed by atoms with Gasteiger partial charge in [0, 0.05) is 5.56 Å². The number of hydrogen-bond donors (Lipinski definition) is 2. The number of nitrogens with one attached hydrogen (secondary N) is 1. The Balaban J connectivity index is 2.13. The highest BCUT2D eigenvalue weighted by molar-refractivity contribution is 6.00. The second-order valence-corrected chi connectivity index (χ2v) is 8.48. The Hall–Kier alpha value is -2.61. The van der Waals surface area contributed by atoms with Crippen molar-refractivity contribution in [2.75, 3.05) is 13.2 Å². The van der Waals surface area contributed by atoms with E-state index >= 15 is 0 Å². The Labute approximate surface area is 164 Å². The van der Waals surface area contributed by atoms with E-state index in [2.05, 4.69) is 5.32 Å². The van der Waals surface area contributed by atoms with Crippen LogP contribution in [0.4, 0.5) is 4.79 Å². The molecule has 1 aromatic rings. The van der Waals surface area contributed by atoms with Crippen LogP contribution in [0.25, 0.3) is 0 Å². The molecular weight excluding hydrogens is 364 g/mol. The highest BCUT2D eigenvalue weighted by Gasteiger charge is 2.57. The molecule has 154 valence electrons. The zero-order valence-corrected chi connectivity index (χ0v) is 17.2. The summed E-state index contributed by atoms with van der Waals surface area (Å²) < 4.78 is 11.1. The number of hydrogen-bond acceptors (Lipinski definition) is 6. The maximum atomic E-state index is 12.9. The predicted octanol–water partition coefficient (Wildman–Crippen LogP) is 2.45. The minimum atomic E-state index is -1.33. The van der Waals surface area contributed by atoms with Gasteiger partial charge in [0.15, 0.2) is 5.78 Å². The second-order valence-electron chi connectivity index (χ2n) is 8.48. The molecule has 0 bridgehead atoms. The first-order chi connectivity index (χ1) is 12.8. The summed E-state index contributed by atoms with van der Waals surface area (Å²) in [5.74, 6) is -0.790. The molecule has 1 aliphatic heterocycles. The molecule has 0 saturated carbocycles. The highest BCUT2D eigenvalue weighted by atomic mass is 16.6. The van der Waals surface area contributed by atoms with Gasteiger partial charge in [-0.05, 0) is 65.8 Å². The van der Waals surface area contributed by atoms with Gasteiger partial charge < -0.3 is 19.9 Å². The molecule has 1 aromatic carbocycles. The lowest BCUT2D eigenvalue weighted by atomic mass is 9.99. The summed E-state index contributed by atoms with van der Waals surface area (Å²) in [6.07, 6.45) is -0.669. The third-order valence-electron chi connectivity index (χ3n) is 4.40. The van der Waals surface area contributed by atoms with Gasteiger partial charge >= 0.3 is 6.09 Å². The number of Topliss-reactive ketones (excluding diaryl/α,β-unsaturated/α-hetero) is 1. The molecule has 1 fully saturated rings. The van der Waals surface area contributed by atoms with Crippen molar-refractivity contribution in [2.45, 2.75) is 58.4 Å². The summed E-state index contributed by atoms with van der Waals surface area (Å²) in [6, 6.07) is 5.74. The van der Waals surface area contributed by atoms with Crippen LogP contribution in [-0.4, -0.2) is 57.8 Å². The number of carbonyl (C=O) groups is 3. The average molecular weight is 392 g/mol. The van der Waals surface area contributed by atoms with E-state index in [1.165, 1.54) is 29.2 Å². The fraction of sp³-hybridized carbons (Fsp3) is 0.550. The van der Waals surface area contributed by atoms with Gasteiger partial charge in [-0.1, -0.05) is 0 Å². The summed E-state index contributed by atoms with van der Waals surface area (Å²) in [5.41, 5.74) is -2.76. The molecule has 2 rings (SSSR count). The quantitative estimate of drug-likeness (QED) is 0.763. The fourth-order valence-corrected chi connectivity index (χ4v) is 3.04. The van der Waals surface area contributed by atoms with E-state index in [0.29, 0.717) is 5.56 Å². The van der Waals surface area contributed by atoms with Gasteiger partial charge in [0.25, 0.3) is 0 Å². The lowest BCUT2D eigenvalue weighted by Gasteiger charge is -2.39. The monoisotopic (exact) mass is 392 g/mol. The van der Waals surface area contributed by atoms with Crippen molar-refractivity contribution in [3.63, 3.8) is 0 Å². The molecular formula is C20H28N2O6. The Morgan fingerprint density at radius 1 is 1.18 bits per heavy atom. The van der Waals surface area contributed by atoms with Crippen LogP contribution in [0.15, 0.2) is 24.3 Å². The molecule has 1 atom stereocenters. The first kappa shape index (κ1) is 21.7. The van der Waals surface area contributed by atoms with Gasteiger partial charge in [-0.2, -0.15) is 0 Å². The van der Waals surface area contributed by atoms with E-state index < -0.39 is 28.9 Å². The molecule has 0 aromatic heterocycles. The number of phenols is 1. The highest BCUT2D eigenvalue weighted by Crippen LogP contribution is 2.36. The zero-order chi connectivity index (χ0) is 21.3. The number of rotatable bonds is 4. The third kappa shape index (κ3) is 4.62. The van der Waals surface area contributed by atoms with E-state index in [0.717, 1.165) is 0 Å². The number of ketones is 1. The molecule has 0 radical (unpaired) electrons. The van der Waals surface area contributed by atoms with Crippen molar-refractivity contribution < 1.29 is 29.0 Å². The number of ether oxygens (including phenoxy) is 2. The third-order valence-corrected chi connectivity index (χ3v) is 4.40. The van der Waals surface area contributed by atoms with Gasteiger partial charge in [-0.3, -0.25) is 14.5 Å². The molecule has 28 heavy (non-hydrogen) atoms.